The first kappa shape index (κ1) is 17.6. The highest BCUT2D eigenvalue weighted by atomic mass is 19.1. The van der Waals surface area contributed by atoms with Crippen LogP contribution in [0.1, 0.15) is 32.6 Å². The van der Waals surface area contributed by atoms with Crippen LogP contribution in [0.4, 0.5) is 10.2 Å². The highest BCUT2D eigenvalue weighted by molar-refractivity contribution is 5.88. The van der Waals surface area contributed by atoms with Crippen molar-refractivity contribution in [1.29, 1.82) is 0 Å². The first-order chi connectivity index (χ1) is 12.6. The number of hydrogen-bond acceptors (Lipinski definition) is 5. The van der Waals surface area contributed by atoms with E-state index in [1.807, 2.05) is 0 Å². The van der Waals surface area contributed by atoms with Gasteiger partial charge in [-0.1, -0.05) is 0 Å². The van der Waals surface area contributed by atoms with E-state index in [0.29, 0.717) is 17.0 Å². The van der Waals surface area contributed by atoms with Gasteiger partial charge in [0.25, 0.3) is 0 Å². The zero-order valence-corrected chi connectivity index (χ0v) is 15.4. The highest BCUT2D eigenvalue weighted by Gasteiger charge is 2.43. The third-order valence-corrected chi connectivity index (χ3v) is 5.76. The van der Waals surface area contributed by atoms with Gasteiger partial charge >= 0.3 is 0 Å². The number of fused-ring (bicyclic) bond motifs is 1. The van der Waals surface area contributed by atoms with E-state index in [2.05, 4.69) is 27.1 Å². The minimum absolute atomic E-state index is 0.271. The molecular formula is C20H27FN4O. The Morgan fingerprint density at radius 2 is 2.08 bits per heavy atom. The fourth-order valence-electron chi connectivity index (χ4n) is 4.25. The Morgan fingerprint density at radius 3 is 2.88 bits per heavy atom. The van der Waals surface area contributed by atoms with Crippen LogP contribution in [0.5, 0.6) is 0 Å². The lowest BCUT2D eigenvalue weighted by atomic mass is 9.73. The van der Waals surface area contributed by atoms with E-state index in [4.69, 9.17) is 4.74 Å². The summed E-state index contributed by atoms with van der Waals surface area (Å²) in [4.78, 5) is 11.1. The van der Waals surface area contributed by atoms with Crippen molar-refractivity contribution in [3.63, 3.8) is 0 Å². The molecule has 1 unspecified atom stereocenters. The maximum Gasteiger partial charge on any atom is 0.137 e. The molecule has 1 atom stereocenters. The molecule has 2 saturated heterocycles. The lowest BCUT2D eigenvalue weighted by Crippen LogP contribution is -2.58. The standard InChI is InChI=1S/C20H27FN4O/c1-15(3-2-8-25-12-20(13-25)6-9-26-10-7-20)24-19-17-5-4-16(21)11-18(17)22-14-23-19/h4-5,11,14-15H,2-3,6-10,12-13H2,1H3,(H,22,23,24). The molecule has 6 heteroatoms. The monoisotopic (exact) mass is 358 g/mol. The SMILES string of the molecule is CC(CCCN1CC2(CCOCC2)C1)Nc1ncnc2cc(F)ccc12. The molecule has 4 rings (SSSR count). The zero-order valence-electron chi connectivity index (χ0n) is 15.4. The minimum Gasteiger partial charge on any atom is -0.381 e. The number of nitrogens with one attached hydrogen (secondary N) is 1. The number of nitrogens with zero attached hydrogens (tertiary/aromatic N) is 3. The van der Waals surface area contributed by atoms with Crippen molar-refractivity contribution in [3.05, 3.63) is 30.3 Å². The Balaban J connectivity index is 1.24. The molecule has 0 amide bonds. The van der Waals surface area contributed by atoms with Gasteiger partial charge in [0, 0.05) is 49.2 Å². The molecule has 1 spiro atoms. The van der Waals surface area contributed by atoms with Gasteiger partial charge in [-0.2, -0.15) is 0 Å². The molecule has 1 aromatic carbocycles. The van der Waals surface area contributed by atoms with Crippen molar-refractivity contribution in [1.82, 2.24) is 14.9 Å². The van der Waals surface area contributed by atoms with Crippen LogP contribution in [0.15, 0.2) is 24.5 Å². The van der Waals surface area contributed by atoms with Gasteiger partial charge in [0.1, 0.15) is 18.0 Å². The molecule has 2 aromatic rings. The van der Waals surface area contributed by atoms with Crippen LogP contribution in [0.25, 0.3) is 10.9 Å². The molecule has 0 aliphatic carbocycles. The van der Waals surface area contributed by atoms with Crippen molar-refractivity contribution in [2.24, 2.45) is 5.41 Å². The molecular weight excluding hydrogens is 331 g/mol. The van der Waals surface area contributed by atoms with Gasteiger partial charge in [0.2, 0.25) is 0 Å². The average molecular weight is 358 g/mol. The van der Waals surface area contributed by atoms with Crippen molar-refractivity contribution >= 4 is 16.7 Å². The number of aromatic nitrogens is 2. The van der Waals surface area contributed by atoms with E-state index in [0.717, 1.165) is 37.4 Å². The van der Waals surface area contributed by atoms with Crippen LogP contribution in [-0.4, -0.2) is 53.8 Å². The molecule has 5 nitrogen and oxygen atoms in total. The minimum atomic E-state index is -0.271. The van der Waals surface area contributed by atoms with Crippen LogP contribution in [-0.2, 0) is 4.74 Å². The number of halogens is 1. The predicted molar refractivity (Wildman–Crippen MR) is 101 cm³/mol. The number of rotatable bonds is 6. The average Bonchev–Trinajstić information content (AvgIpc) is 2.61. The molecule has 1 N–H and O–H groups in total. The second kappa shape index (κ2) is 7.45. The van der Waals surface area contributed by atoms with Gasteiger partial charge < -0.3 is 15.0 Å². The molecule has 2 aliphatic heterocycles. The fraction of sp³-hybridized carbons (Fsp3) is 0.600. The zero-order chi connectivity index (χ0) is 18.0. The smallest absolute Gasteiger partial charge is 0.137 e. The van der Waals surface area contributed by atoms with E-state index in [9.17, 15) is 4.39 Å². The Hall–Kier alpha value is -1.79. The summed E-state index contributed by atoms with van der Waals surface area (Å²) in [5, 5.41) is 4.33. The number of anilines is 1. The van der Waals surface area contributed by atoms with Crippen LogP contribution in [0, 0.1) is 11.2 Å². The largest absolute Gasteiger partial charge is 0.381 e. The first-order valence-corrected chi connectivity index (χ1v) is 9.61. The topological polar surface area (TPSA) is 50.3 Å². The van der Waals surface area contributed by atoms with E-state index in [-0.39, 0.29) is 5.82 Å². The lowest BCUT2D eigenvalue weighted by Gasteiger charge is -2.52. The molecule has 0 radical (unpaired) electrons. The fourth-order valence-corrected chi connectivity index (χ4v) is 4.25. The second-order valence-corrected chi connectivity index (χ2v) is 7.89. The summed E-state index contributed by atoms with van der Waals surface area (Å²) >= 11 is 0. The summed E-state index contributed by atoms with van der Waals surface area (Å²) in [6.07, 6.45) is 6.19. The van der Waals surface area contributed by atoms with Crippen molar-refractivity contribution in [2.45, 2.75) is 38.6 Å². The summed E-state index contributed by atoms with van der Waals surface area (Å²) in [5.41, 5.74) is 1.19. The molecule has 140 valence electrons. The summed E-state index contributed by atoms with van der Waals surface area (Å²) in [6.45, 7) is 7.68. The summed E-state index contributed by atoms with van der Waals surface area (Å²) < 4.78 is 18.8. The third-order valence-electron chi connectivity index (χ3n) is 5.76. The van der Waals surface area contributed by atoms with E-state index < -0.39 is 0 Å². The highest BCUT2D eigenvalue weighted by Crippen LogP contribution is 2.39. The van der Waals surface area contributed by atoms with Crippen molar-refractivity contribution in [2.75, 3.05) is 38.2 Å². The van der Waals surface area contributed by atoms with Crippen molar-refractivity contribution in [3.8, 4) is 0 Å². The molecule has 3 heterocycles. The quantitative estimate of drug-likeness (QED) is 0.857. The molecule has 0 saturated carbocycles. The molecule has 2 aliphatic rings. The summed E-state index contributed by atoms with van der Waals surface area (Å²) in [7, 11) is 0. The molecule has 1 aromatic heterocycles. The third kappa shape index (κ3) is 3.81. The maximum atomic E-state index is 13.4. The molecule has 0 bridgehead atoms. The van der Waals surface area contributed by atoms with E-state index in [1.54, 1.807) is 6.07 Å². The van der Waals surface area contributed by atoms with E-state index >= 15 is 0 Å². The second-order valence-electron chi connectivity index (χ2n) is 7.89. The van der Waals surface area contributed by atoms with Gasteiger partial charge in [-0.25, -0.2) is 14.4 Å². The number of ether oxygens (including phenoxy) is 1. The van der Waals surface area contributed by atoms with Crippen molar-refractivity contribution < 1.29 is 9.13 Å². The Morgan fingerprint density at radius 1 is 1.27 bits per heavy atom. The Kier molecular flexibility index (Phi) is 5.05. The maximum absolute atomic E-state index is 13.4. The van der Waals surface area contributed by atoms with Gasteiger partial charge in [-0.05, 0) is 51.3 Å². The Labute approximate surface area is 154 Å². The summed E-state index contributed by atoms with van der Waals surface area (Å²) in [6, 6.07) is 4.96. The number of benzene rings is 1. The first-order valence-electron chi connectivity index (χ1n) is 9.61. The van der Waals surface area contributed by atoms with Crippen LogP contribution < -0.4 is 5.32 Å². The predicted octanol–water partition coefficient (Wildman–Crippen LogP) is 3.46. The van der Waals surface area contributed by atoms with Crippen LogP contribution in [0.2, 0.25) is 0 Å². The lowest BCUT2D eigenvalue weighted by molar-refractivity contribution is -0.0806. The van der Waals surface area contributed by atoms with Gasteiger partial charge in [-0.3, -0.25) is 0 Å². The van der Waals surface area contributed by atoms with Gasteiger partial charge in [0.05, 0.1) is 5.52 Å². The number of likely N-dealkylation sites (tertiary alicyclic amines) is 1. The van der Waals surface area contributed by atoms with E-state index in [1.165, 1.54) is 50.8 Å². The molecule has 2 fully saturated rings. The summed E-state index contributed by atoms with van der Waals surface area (Å²) in [5.74, 6) is 0.514. The van der Waals surface area contributed by atoms with Gasteiger partial charge in [0.15, 0.2) is 0 Å². The number of hydrogen-bond donors (Lipinski definition) is 1. The van der Waals surface area contributed by atoms with Crippen LogP contribution >= 0.6 is 0 Å². The van der Waals surface area contributed by atoms with Gasteiger partial charge in [-0.15, -0.1) is 0 Å². The molecule has 26 heavy (non-hydrogen) atoms. The van der Waals surface area contributed by atoms with Crippen LogP contribution in [0.3, 0.4) is 0 Å². The normalized spacial score (nSPS) is 20.8. The Bertz CT molecular complexity index is 755.